The van der Waals surface area contributed by atoms with Crippen LogP contribution in [0.15, 0.2) is 12.2 Å². The normalized spacial score (nSPS) is 47.1. The van der Waals surface area contributed by atoms with E-state index in [0.717, 1.165) is 31.3 Å². The molecule has 2 N–H and O–H groups in total. The fourth-order valence-corrected chi connectivity index (χ4v) is 4.00. The summed E-state index contributed by atoms with van der Waals surface area (Å²) in [6.45, 7) is 10.5. The average molecular weight is 238 g/mol. The van der Waals surface area contributed by atoms with Crippen LogP contribution < -0.4 is 0 Å². The molecule has 0 heterocycles. The SMILES string of the molecule is C=C1CC[C@]2(O)[C@@H]([C@H]1O)[C@H](C(C)C)CC[C@H]2C. The summed E-state index contributed by atoms with van der Waals surface area (Å²) in [6.07, 6.45) is 3.23. The van der Waals surface area contributed by atoms with E-state index < -0.39 is 11.7 Å². The molecule has 0 amide bonds. The van der Waals surface area contributed by atoms with Gasteiger partial charge >= 0.3 is 0 Å². The Bertz CT molecular complexity index is 310. The largest absolute Gasteiger partial charge is 0.389 e. The molecule has 0 bridgehead atoms. The summed E-state index contributed by atoms with van der Waals surface area (Å²) in [7, 11) is 0. The maximum absolute atomic E-state index is 11.0. The van der Waals surface area contributed by atoms with E-state index in [4.69, 9.17) is 0 Å². The molecule has 0 aromatic heterocycles. The highest BCUT2D eigenvalue weighted by Crippen LogP contribution is 2.52. The minimum Gasteiger partial charge on any atom is -0.389 e. The van der Waals surface area contributed by atoms with Crippen LogP contribution >= 0.6 is 0 Å². The second-order valence-corrected chi connectivity index (χ2v) is 6.51. The van der Waals surface area contributed by atoms with Gasteiger partial charge in [-0.15, -0.1) is 0 Å². The minimum atomic E-state index is -0.673. The van der Waals surface area contributed by atoms with E-state index in [0.29, 0.717) is 17.8 Å². The van der Waals surface area contributed by atoms with Crippen LogP contribution in [0.4, 0.5) is 0 Å². The quantitative estimate of drug-likeness (QED) is 0.690. The van der Waals surface area contributed by atoms with E-state index in [-0.39, 0.29) is 5.92 Å². The van der Waals surface area contributed by atoms with Gasteiger partial charge in [0.05, 0.1) is 11.7 Å². The fourth-order valence-electron chi connectivity index (χ4n) is 4.00. The van der Waals surface area contributed by atoms with Crippen molar-refractivity contribution >= 4 is 0 Å². The molecule has 0 unspecified atom stereocenters. The molecule has 0 spiro atoms. The van der Waals surface area contributed by atoms with E-state index in [1.54, 1.807) is 0 Å². The van der Waals surface area contributed by atoms with Gasteiger partial charge in [-0.25, -0.2) is 0 Å². The number of rotatable bonds is 1. The molecule has 0 aliphatic heterocycles. The topological polar surface area (TPSA) is 40.5 Å². The highest BCUT2D eigenvalue weighted by atomic mass is 16.3. The summed E-state index contributed by atoms with van der Waals surface area (Å²) in [6, 6.07) is 0. The van der Waals surface area contributed by atoms with E-state index in [1.807, 2.05) is 0 Å². The fraction of sp³-hybridized carbons (Fsp3) is 0.867. The van der Waals surface area contributed by atoms with Crippen LogP contribution in [0.1, 0.15) is 46.5 Å². The van der Waals surface area contributed by atoms with Gasteiger partial charge in [-0.05, 0) is 49.0 Å². The Labute approximate surface area is 105 Å². The molecule has 17 heavy (non-hydrogen) atoms. The Kier molecular flexibility index (Phi) is 3.39. The third-order valence-electron chi connectivity index (χ3n) is 5.29. The maximum Gasteiger partial charge on any atom is 0.0806 e. The number of aliphatic hydroxyl groups is 2. The lowest BCUT2D eigenvalue weighted by molar-refractivity contribution is -0.167. The molecule has 0 saturated heterocycles. The standard InChI is InChI=1S/C15H26O2/c1-9(2)12-6-5-11(4)15(17)8-7-10(3)14(16)13(12)15/h9,11-14,16-17H,3,5-8H2,1-2,4H3/t11-,12+,13-,14+,15-/m1/s1. The van der Waals surface area contributed by atoms with E-state index in [1.165, 1.54) is 0 Å². The van der Waals surface area contributed by atoms with Crippen molar-refractivity contribution in [2.75, 3.05) is 0 Å². The summed E-state index contributed by atoms with van der Waals surface area (Å²) in [5.74, 6) is 1.22. The van der Waals surface area contributed by atoms with Crippen molar-refractivity contribution in [3.05, 3.63) is 12.2 Å². The zero-order valence-electron chi connectivity index (χ0n) is 11.3. The molecule has 5 atom stereocenters. The monoisotopic (exact) mass is 238 g/mol. The molecule has 2 heteroatoms. The lowest BCUT2D eigenvalue weighted by Crippen LogP contribution is -2.58. The smallest absolute Gasteiger partial charge is 0.0806 e. The Morgan fingerprint density at radius 3 is 2.59 bits per heavy atom. The van der Waals surface area contributed by atoms with Crippen LogP contribution in [-0.2, 0) is 0 Å². The first-order valence-corrected chi connectivity index (χ1v) is 6.96. The summed E-state index contributed by atoms with van der Waals surface area (Å²) < 4.78 is 0. The second-order valence-electron chi connectivity index (χ2n) is 6.51. The van der Waals surface area contributed by atoms with Gasteiger partial charge in [-0.3, -0.25) is 0 Å². The first-order valence-electron chi connectivity index (χ1n) is 6.96. The zero-order valence-corrected chi connectivity index (χ0v) is 11.3. The summed E-state index contributed by atoms with van der Waals surface area (Å²) in [4.78, 5) is 0. The number of hydrogen-bond acceptors (Lipinski definition) is 2. The highest BCUT2D eigenvalue weighted by molar-refractivity contribution is 5.17. The Morgan fingerprint density at radius 1 is 1.35 bits per heavy atom. The molecule has 0 aromatic rings. The molecule has 2 rings (SSSR count). The molecule has 2 aliphatic rings. The first kappa shape index (κ1) is 13.1. The van der Waals surface area contributed by atoms with Crippen molar-refractivity contribution in [3.63, 3.8) is 0 Å². The van der Waals surface area contributed by atoms with Crippen molar-refractivity contribution in [2.45, 2.75) is 58.2 Å². The van der Waals surface area contributed by atoms with E-state index in [2.05, 4.69) is 27.4 Å². The molecule has 0 radical (unpaired) electrons. The van der Waals surface area contributed by atoms with Gasteiger partial charge in [0.25, 0.3) is 0 Å². The van der Waals surface area contributed by atoms with Crippen LogP contribution in [0.25, 0.3) is 0 Å². The van der Waals surface area contributed by atoms with Gasteiger partial charge in [-0.2, -0.15) is 0 Å². The van der Waals surface area contributed by atoms with E-state index in [9.17, 15) is 10.2 Å². The molecule has 2 nitrogen and oxygen atoms in total. The molecular weight excluding hydrogens is 212 g/mol. The predicted octanol–water partition coefficient (Wildman–Crippen LogP) is 2.75. The number of aliphatic hydroxyl groups excluding tert-OH is 1. The van der Waals surface area contributed by atoms with Crippen LogP contribution in [0.5, 0.6) is 0 Å². The van der Waals surface area contributed by atoms with Crippen LogP contribution in [0, 0.1) is 23.7 Å². The predicted molar refractivity (Wildman–Crippen MR) is 69.5 cm³/mol. The van der Waals surface area contributed by atoms with Crippen molar-refractivity contribution < 1.29 is 10.2 Å². The van der Waals surface area contributed by atoms with Gasteiger partial charge in [0.2, 0.25) is 0 Å². The summed E-state index contributed by atoms with van der Waals surface area (Å²) in [5.41, 5.74) is 0.243. The van der Waals surface area contributed by atoms with Crippen molar-refractivity contribution in [2.24, 2.45) is 23.7 Å². The van der Waals surface area contributed by atoms with E-state index >= 15 is 0 Å². The lowest BCUT2D eigenvalue weighted by atomic mass is 9.55. The van der Waals surface area contributed by atoms with Crippen LogP contribution in [0.3, 0.4) is 0 Å². The van der Waals surface area contributed by atoms with Gasteiger partial charge in [-0.1, -0.05) is 27.4 Å². The summed E-state index contributed by atoms with van der Waals surface area (Å²) in [5, 5.41) is 21.4. The Hall–Kier alpha value is -0.340. The van der Waals surface area contributed by atoms with Crippen molar-refractivity contribution in [1.82, 2.24) is 0 Å². The van der Waals surface area contributed by atoms with Crippen molar-refractivity contribution in [3.8, 4) is 0 Å². The molecule has 2 saturated carbocycles. The Balaban J connectivity index is 2.35. The van der Waals surface area contributed by atoms with Gasteiger partial charge in [0, 0.05) is 5.92 Å². The first-order chi connectivity index (χ1) is 7.88. The van der Waals surface area contributed by atoms with Crippen LogP contribution in [0.2, 0.25) is 0 Å². The lowest BCUT2D eigenvalue weighted by Gasteiger charge is -2.55. The molecule has 0 aromatic carbocycles. The van der Waals surface area contributed by atoms with Crippen LogP contribution in [-0.4, -0.2) is 21.9 Å². The minimum absolute atomic E-state index is 0.00694. The molecular formula is C15H26O2. The third kappa shape index (κ3) is 1.96. The highest BCUT2D eigenvalue weighted by Gasteiger charge is 2.54. The maximum atomic E-state index is 11.0. The van der Waals surface area contributed by atoms with Gasteiger partial charge < -0.3 is 10.2 Å². The molecule has 2 aliphatic carbocycles. The summed E-state index contributed by atoms with van der Waals surface area (Å²) >= 11 is 0. The number of hydrogen-bond donors (Lipinski definition) is 2. The van der Waals surface area contributed by atoms with Gasteiger partial charge in [0.1, 0.15) is 0 Å². The van der Waals surface area contributed by atoms with Gasteiger partial charge in [0.15, 0.2) is 0 Å². The molecule has 2 fully saturated rings. The van der Waals surface area contributed by atoms with Crippen molar-refractivity contribution in [1.29, 1.82) is 0 Å². The zero-order chi connectivity index (χ0) is 12.8. The Morgan fingerprint density at radius 2 is 2.00 bits per heavy atom. The third-order valence-corrected chi connectivity index (χ3v) is 5.29. The number of fused-ring (bicyclic) bond motifs is 1. The molecule has 98 valence electrons. The second kappa shape index (κ2) is 4.40. The average Bonchev–Trinajstić information content (AvgIpc) is 2.26.